The number of esters is 1. The predicted molar refractivity (Wildman–Crippen MR) is 268 cm³/mol. The number of carbonyl (C=O) groups is 2. The van der Waals surface area contributed by atoms with Crippen LogP contribution in [0, 0.1) is 11.8 Å². The van der Waals surface area contributed by atoms with Crippen LogP contribution in [0.3, 0.4) is 0 Å². The van der Waals surface area contributed by atoms with Crippen molar-refractivity contribution in [3.8, 4) is 0 Å². The Morgan fingerprint density at radius 1 is 0.954 bits per heavy atom. The Balaban J connectivity index is 1.51. The minimum absolute atomic E-state index is 0.0274. The summed E-state index contributed by atoms with van der Waals surface area (Å²) < 4.78 is 32.4. The van der Waals surface area contributed by atoms with Crippen molar-refractivity contribution in [1.82, 2.24) is 9.80 Å². The molecule has 0 aromatic carbocycles. The zero-order valence-electron chi connectivity index (χ0n) is 43.8. The first kappa shape index (κ1) is 55.7. The third-order valence-corrected chi connectivity index (χ3v) is 25.0. The molecular formula is C52H94N2O9Si2. The Kier molecular flexibility index (Phi) is 19.5. The van der Waals surface area contributed by atoms with Crippen molar-refractivity contribution in [2.75, 3.05) is 26.2 Å². The molecule has 3 heterocycles. The van der Waals surface area contributed by atoms with Crippen molar-refractivity contribution in [2.45, 2.75) is 244 Å². The standard InChI is InChI=1S/C52H94N2O9Si2/c1-17-42(63-65(15,16)50(8,9)10)39(4)47-43(59-47)36-51(11,57)29-22-23-37(2)46-38(3)26-27-44(60-48(56)54-33-31-53(32-34-54)40-24-20-18-19-21-25-40)52(12,58)30-28-41(35-45(55)61-46)62-64(13,14)49(5,6)7/h22-23,26-27,29,38-44,46-47,57-58H,17-21,24-25,28,30-36H2,1-16H3/t38-,39+,41+,42-,43+,44-,46+,47+,51-,52+/m0/s1. The lowest BCUT2D eigenvalue weighted by molar-refractivity contribution is -0.151. The number of amides is 1. The van der Waals surface area contributed by atoms with Crippen LogP contribution in [0.2, 0.25) is 36.3 Å². The molecule has 0 unspecified atom stereocenters. The highest BCUT2D eigenvalue weighted by atomic mass is 28.4. The summed E-state index contributed by atoms with van der Waals surface area (Å²) in [5, 5.41) is 23.7. The van der Waals surface area contributed by atoms with E-state index in [1.54, 1.807) is 30.9 Å². The fourth-order valence-corrected chi connectivity index (χ4v) is 12.2. The molecule has 0 radical (unpaired) electrons. The lowest BCUT2D eigenvalue weighted by atomic mass is 9.88. The molecule has 1 saturated carbocycles. The Morgan fingerprint density at radius 3 is 2.12 bits per heavy atom. The average molecular weight is 948 g/mol. The fourth-order valence-electron chi connectivity index (χ4n) is 9.30. The molecule has 2 saturated heterocycles. The minimum Gasteiger partial charge on any atom is -0.457 e. The quantitative estimate of drug-likeness (QED) is 0.0433. The second kappa shape index (κ2) is 22.7. The van der Waals surface area contributed by atoms with E-state index in [0.29, 0.717) is 32.0 Å². The Morgan fingerprint density at radius 2 is 1.55 bits per heavy atom. The normalized spacial score (nSPS) is 31.0. The van der Waals surface area contributed by atoms with Crippen LogP contribution >= 0.6 is 0 Å². The topological polar surface area (TPSA) is 131 Å². The van der Waals surface area contributed by atoms with Crippen LogP contribution < -0.4 is 0 Å². The number of hydrogen-bond acceptors (Lipinski definition) is 10. The summed E-state index contributed by atoms with van der Waals surface area (Å²) in [6, 6.07) is 0.586. The van der Waals surface area contributed by atoms with Crippen molar-refractivity contribution in [3.05, 3.63) is 36.0 Å². The number of allylic oxidation sites excluding steroid dienone is 2. The second-order valence-corrected chi connectivity index (χ2v) is 33.4. The molecule has 11 nitrogen and oxygen atoms in total. The molecule has 65 heavy (non-hydrogen) atoms. The fraction of sp³-hybridized carbons (Fsp3) is 0.846. The number of hydrogen-bond donors (Lipinski definition) is 2. The molecule has 13 heteroatoms. The Hall–Kier alpha value is -1.85. The number of carbonyl (C=O) groups excluding carboxylic acids is 2. The molecule has 374 valence electrons. The highest BCUT2D eigenvalue weighted by molar-refractivity contribution is 6.74. The van der Waals surface area contributed by atoms with E-state index in [-0.39, 0.29) is 59.0 Å². The molecule has 4 rings (SSSR count). The summed E-state index contributed by atoms with van der Waals surface area (Å²) in [5.74, 6) is -0.509. The molecular weight excluding hydrogens is 853 g/mol. The maximum absolute atomic E-state index is 13.9. The first-order valence-corrected chi connectivity index (χ1v) is 31.2. The Labute approximate surface area is 397 Å². The van der Waals surface area contributed by atoms with E-state index in [2.05, 4.69) is 86.5 Å². The van der Waals surface area contributed by atoms with Crippen LogP contribution in [0.4, 0.5) is 4.79 Å². The van der Waals surface area contributed by atoms with E-state index in [1.807, 2.05) is 32.1 Å². The summed E-state index contributed by atoms with van der Waals surface area (Å²) in [4.78, 5) is 32.1. The van der Waals surface area contributed by atoms with Crippen LogP contribution in [-0.4, -0.2) is 129 Å². The molecule has 2 N–H and O–H groups in total. The third-order valence-electron chi connectivity index (χ3n) is 16.0. The monoisotopic (exact) mass is 947 g/mol. The van der Waals surface area contributed by atoms with Gasteiger partial charge in [-0.15, -0.1) is 0 Å². The highest BCUT2D eigenvalue weighted by Gasteiger charge is 2.50. The molecule has 3 aliphatic heterocycles. The zero-order valence-corrected chi connectivity index (χ0v) is 45.8. The van der Waals surface area contributed by atoms with Gasteiger partial charge in [-0.05, 0) is 101 Å². The maximum Gasteiger partial charge on any atom is 0.410 e. The Bertz CT molecular complexity index is 1630. The first-order chi connectivity index (χ1) is 30.0. The van der Waals surface area contributed by atoms with Gasteiger partial charge in [0.25, 0.3) is 0 Å². The highest BCUT2D eigenvalue weighted by Crippen LogP contribution is 2.43. The van der Waals surface area contributed by atoms with Crippen molar-refractivity contribution in [2.24, 2.45) is 11.8 Å². The van der Waals surface area contributed by atoms with Gasteiger partial charge >= 0.3 is 12.1 Å². The van der Waals surface area contributed by atoms with E-state index >= 15 is 0 Å². The molecule has 0 spiro atoms. The van der Waals surface area contributed by atoms with E-state index in [4.69, 9.17) is 23.1 Å². The van der Waals surface area contributed by atoms with Gasteiger partial charge < -0.3 is 38.2 Å². The SMILES string of the molecule is CC[C@H](O[Si](C)(C)C(C)(C)C)[C@@H](C)[C@H]1O[C@@H]1C[C@@](C)(O)C=CC=C(C)[C@H]1OC(=O)C[C@H](O[Si](C)(C)C(C)(C)C)CC[C@@](C)(O)[C@@H](OC(=O)N2CCN(C3CCCCCC3)CC2)C=C[C@@H]1C. The molecule has 0 aromatic rings. The van der Waals surface area contributed by atoms with Gasteiger partial charge in [0.2, 0.25) is 0 Å². The molecule has 3 fully saturated rings. The van der Waals surface area contributed by atoms with Crippen LogP contribution in [0.5, 0.6) is 0 Å². The molecule has 0 bridgehead atoms. The van der Waals surface area contributed by atoms with Crippen LogP contribution in [-0.2, 0) is 27.9 Å². The zero-order chi connectivity index (χ0) is 48.8. The average Bonchev–Trinajstić information content (AvgIpc) is 4.01. The molecule has 0 aromatic heterocycles. The van der Waals surface area contributed by atoms with Gasteiger partial charge in [0.1, 0.15) is 11.7 Å². The van der Waals surface area contributed by atoms with E-state index in [9.17, 15) is 19.8 Å². The van der Waals surface area contributed by atoms with Gasteiger partial charge in [-0.1, -0.05) is 112 Å². The van der Waals surface area contributed by atoms with Gasteiger partial charge in [0, 0.05) is 56.6 Å². The van der Waals surface area contributed by atoms with E-state index in [0.717, 1.165) is 25.1 Å². The predicted octanol–water partition coefficient (Wildman–Crippen LogP) is 11.1. The van der Waals surface area contributed by atoms with Crippen LogP contribution in [0.25, 0.3) is 0 Å². The lowest BCUT2D eigenvalue weighted by Gasteiger charge is -2.41. The smallest absolute Gasteiger partial charge is 0.410 e. The molecule has 10 atom stereocenters. The summed E-state index contributed by atoms with van der Waals surface area (Å²) in [5.41, 5.74) is -1.78. The van der Waals surface area contributed by atoms with E-state index < -0.39 is 52.2 Å². The van der Waals surface area contributed by atoms with Gasteiger partial charge in [-0.3, -0.25) is 9.69 Å². The summed E-state index contributed by atoms with van der Waals surface area (Å²) in [7, 11) is -4.29. The summed E-state index contributed by atoms with van der Waals surface area (Å²) in [6.07, 6.45) is 16.4. The van der Waals surface area contributed by atoms with Crippen molar-refractivity contribution >= 4 is 28.7 Å². The number of rotatable bonds is 14. The number of epoxide rings is 1. The molecule has 4 aliphatic rings. The maximum atomic E-state index is 13.9. The lowest BCUT2D eigenvalue weighted by Crippen LogP contribution is -2.53. The van der Waals surface area contributed by atoms with Gasteiger partial charge in [0.05, 0.1) is 30.3 Å². The number of nitrogens with zero attached hydrogens (tertiary/aromatic N) is 2. The van der Waals surface area contributed by atoms with Gasteiger partial charge in [0.15, 0.2) is 22.7 Å². The van der Waals surface area contributed by atoms with Crippen molar-refractivity contribution < 1.29 is 42.9 Å². The minimum atomic E-state index is -2.33. The van der Waals surface area contributed by atoms with Crippen LogP contribution in [0.1, 0.15) is 154 Å². The number of aliphatic hydroxyl groups is 2. The largest absolute Gasteiger partial charge is 0.457 e. The molecule has 1 aliphatic carbocycles. The second-order valence-electron chi connectivity index (χ2n) is 23.9. The van der Waals surface area contributed by atoms with Gasteiger partial charge in [-0.25, -0.2) is 4.79 Å². The molecule has 1 amide bonds. The van der Waals surface area contributed by atoms with Gasteiger partial charge in [-0.2, -0.15) is 0 Å². The third kappa shape index (κ3) is 16.1. The van der Waals surface area contributed by atoms with Crippen molar-refractivity contribution in [1.29, 1.82) is 0 Å². The van der Waals surface area contributed by atoms with E-state index in [1.165, 1.54) is 38.5 Å². The first-order valence-electron chi connectivity index (χ1n) is 25.4. The summed E-state index contributed by atoms with van der Waals surface area (Å²) >= 11 is 0. The van der Waals surface area contributed by atoms with Crippen LogP contribution in [0.15, 0.2) is 36.0 Å². The number of cyclic esters (lactones) is 1. The summed E-state index contributed by atoms with van der Waals surface area (Å²) in [6.45, 7) is 36.8. The van der Waals surface area contributed by atoms with Crippen molar-refractivity contribution in [3.63, 3.8) is 0 Å². The number of piperazine rings is 1. The number of ether oxygens (including phenoxy) is 3.